The van der Waals surface area contributed by atoms with E-state index in [1.807, 2.05) is 54.6 Å². The maximum Gasteiger partial charge on any atom is 0.311 e. The van der Waals surface area contributed by atoms with Crippen LogP contribution < -0.4 is 10.6 Å². The van der Waals surface area contributed by atoms with E-state index in [0.717, 1.165) is 17.8 Å². The predicted molar refractivity (Wildman–Crippen MR) is 122 cm³/mol. The van der Waals surface area contributed by atoms with E-state index in [1.165, 1.54) is 17.3 Å². The Kier molecular flexibility index (Phi) is 8.09. The average Bonchev–Trinajstić information content (AvgIpc) is 2.91. The van der Waals surface area contributed by atoms with E-state index < -0.39 is 0 Å². The highest BCUT2D eigenvalue weighted by Gasteiger charge is 2.15. The van der Waals surface area contributed by atoms with Crippen molar-refractivity contribution >= 4 is 40.1 Å². The fraction of sp³-hybridized carbons (Fsp3) is 0.261. The van der Waals surface area contributed by atoms with Crippen molar-refractivity contribution < 1.29 is 14.3 Å². The number of fused-ring (bicyclic) bond motifs is 1. The lowest BCUT2D eigenvalue weighted by Gasteiger charge is -2.10. The van der Waals surface area contributed by atoms with Crippen molar-refractivity contribution in [2.75, 3.05) is 24.2 Å². The monoisotopic (exact) mass is 423 g/mol. The number of anilines is 1. The Labute approximate surface area is 180 Å². The molecule has 0 aromatic heterocycles. The third-order valence-electron chi connectivity index (χ3n) is 4.30. The molecule has 1 amide bonds. The zero-order valence-electron chi connectivity index (χ0n) is 16.9. The first-order chi connectivity index (χ1) is 14.6. The summed E-state index contributed by atoms with van der Waals surface area (Å²) in [4.78, 5) is 28.8. The second kappa shape index (κ2) is 11.2. The molecule has 1 heterocycles. The molecule has 0 radical (unpaired) electrons. The quantitative estimate of drug-likeness (QED) is 0.626. The highest BCUT2D eigenvalue weighted by Crippen LogP contribution is 2.30. The number of carbonyl (C=O) groups is 2. The van der Waals surface area contributed by atoms with Crippen LogP contribution in [0.4, 0.5) is 11.4 Å². The summed E-state index contributed by atoms with van der Waals surface area (Å²) in [7, 11) is 0. The molecule has 0 bridgehead atoms. The molecule has 1 aliphatic heterocycles. The number of hydrogen-bond donors (Lipinski definition) is 2. The van der Waals surface area contributed by atoms with Crippen molar-refractivity contribution in [3.05, 3.63) is 71.9 Å². The normalized spacial score (nSPS) is 12.6. The Morgan fingerprint density at radius 3 is 2.67 bits per heavy atom. The molecule has 156 valence electrons. The molecule has 7 heteroatoms. The Balaban J connectivity index is 1.59. The number of thioether (sulfide) groups is 1. The van der Waals surface area contributed by atoms with Gasteiger partial charge >= 0.3 is 5.97 Å². The molecular weight excluding hydrogens is 398 g/mol. The molecule has 6 nitrogen and oxygen atoms in total. The van der Waals surface area contributed by atoms with Crippen LogP contribution in [0, 0.1) is 0 Å². The number of esters is 1. The molecule has 0 fully saturated rings. The number of carbonyl (C=O) groups excluding carboxylic acids is 2. The summed E-state index contributed by atoms with van der Waals surface area (Å²) in [6.07, 6.45) is 2.71. The number of nitrogens with zero attached hydrogens (tertiary/aromatic N) is 1. The molecule has 1 aliphatic rings. The molecule has 30 heavy (non-hydrogen) atoms. The van der Waals surface area contributed by atoms with Crippen LogP contribution in [-0.4, -0.2) is 35.8 Å². The Morgan fingerprint density at radius 2 is 1.87 bits per heavy atom. The van der Waals surface area contributed by atoms with Gasteiger partial charge in [0.05, 0.1) is 35.2 Å². The number of amides is 1. The molecule has 0 aliphatic carbocycles. The smallest absolute Gasteiger partial charge is 0.311 e. The van der Waals surface area contributed by atoms with Crippen LogP contribution in [0.1, 0.15) is 18.9 Å². The van der Waals surface area contributed by atoms with E-state index in [2.05, 4.69) is 15.6 Å². The lowest BCUT2D eigenvalue weighted by atomic mass is 10.1. The largest absolute Gasteiger partial charge is 0.466 e. The van der Waals surface area contributed by atoms with Gasteiger partial charge < -0.3 is 15.4 Å². The summed E-state index contributed by atoms with van der Waals surface area (Å²) < 4.78 is 5.06. The van der Waals surface area contributed by atoms with E-state index in [4.69, 9.17) is 4.74 Å². The molecule has 2 N–H and O–H groups in total. The molecule has 0 saturated heterocycles. The number of rotatable bonds is 8. The summed E-state index contributed by atoms with van der Waals surface area (Å²) in [5, 5.41) is 6.86. The van der Waals surface area contributed by atoms with Gasteiger partial charge in [0.25, 0.3) is 0 Å². The van der Waals surface area contributed by atoms with E-state index >= 15 is 0 Å². The molecule has 0 atom stereocenters. The molecule has 0 saturated carbocycles. The van der Waals surface area contributed by atoms with Crippen molar-refractivity contribution in [2.24, 2.45) is 4.99 Å². The zero-order valence-corrected chi connectivity index (χ0v) is 17.7. The summed E-state index contributed by atoms with van der Waals surface area (Å²) in [6, 6.07) is 17.6. The first-order valence-corrected chi connectivity index (χ1v) is 10.9. The standard InChI is InChI=1S/C23H25N3O3S/c1-2-29-23(28)15-18-14-22(26-20-11-7-6-10-19(20)25-18)30-16-21(27)24-13-12-17-8-4-3-5-9-17/h3-11,14,25H,2,12-13,15-16H2,1H3,(H,24,27). The van der Waals surface area contributed by atoms with Crippen LogP contribution in [0.5, 0.6) is 0 Å². The van der Waals surface area contributed by atoms with Crippen LogP contribution >= 0.6 is 11.8 Å². The lowest BCUT2D eigenvalue weighted by molar-refractivity contribution is -0.142. The van der Waals surface area contributed by atoms with Gasteiger partial charge in [0.15, 0.2) is 0 Å². The van der Waals surface area contributed by atoms with Gasteiger partial charge in [0.2, 0.25) is 5.91 Å². The Morgan fingerprint density at radius 1 is 1.10 bits per heavy atom. The topological polar surface area (TPSA) is 79.8 Å². The van der Waals surface area contributed by atoms with Gasteiger partial charge in [-0.05, 0) is 37.1 Å². The van der Waals surface area contributed by atoms with E-state index in [9.17, 15) is 9.59 Å². The van der Waals surface area contributed by atoms with Gasteiger partial charge in [-0.2, -0.15) is 0 Å². The van der Waals surface area contributed by atoms with Crippen molar-refractivity contribution in [3.8, 4) is 0 Å². The van der Waals surface area contributed by atoms with Crippen LogP contribution in [0.15, 0.2) is 71.4 Å². The third kappa shape index (κ3) is 6.77. The minimum atomic E-state index is -0.307. The molecule has 3 rings (SSSR count). The fourth-order valence-electron chi connectivity index (χ4n) is 2.90. The van der Waals surface area contributed by atoms with Gasteiger partial charge in [0, 0.05) is 12.2 Å². The summed E-state index contributed by atoms with van der Waals surface area (Å²) >= 11 is 1.34. The number of benzene rings is 2. The third-order valence-corrected chi connectivity index (χ3v) is 5.21. The number of ether oxygens (including phenoxy) is 1. The minimum Gasteiger partial charge on any atom is -0.466 e. The SMILES string of the molecule is CCOC(=O)CC1=CC(SCC(=O)NCCc2ccccc2)=Nc2ccccc2N1. The second-order valence-electron chi connectivity index (χ2n) is 6.62. The van der Waals surface area contributed by atoms with Crippen molar-refractivity contribution in [2.45, 2.75) is 19.8 Å². The first-order valence-electron chi connectivity index (χ1n) is 9.88. The second-order valence-corrected chi connectivity index (χ2v) is 7.61. The van der Waals surface area contributed by atoms with Gasteiger partial charge in [-0.25, -0.2) is 4.99 Å². The van der Waals surface area contributed by atoms with Crippen LogP contribution in [0.2, 0.25) is 0 Å². The number of para-hydroxylation sites is 2. The summed E-state index contributed by atoms with van der Waals surface area (Å²) in [5.41, 5.74) is 3.46. The van der Waals surface area contributed by atoms with Crippen molar-refractivity contribution in [3.63, 3.8) is 0 Å². The maximum absolute atomic E-state index is 12.3. The van der Waals surface area contributed by atoms with Crippen LogP contribution in [0.3, 0.4) is 0 Å². The van der Waals surface area contributed by atoms with E-state index in [0.29, 0.717) is 23.9 Å². The van der Waals surface area contributed by atoms with Gasteiger partial charge in [-0.1, -0.05) is 54.2 Å². The van der Waals surface area contributed by atoms with Crippen molar-refractivity contribution in [1.82, 2.24) is 5.32 Å². The Bertz CT molecular complexity index is 942. The zero-order chi connectivity index (χ0) is 21.2. The summed E-state index contributed by atoms with van der Waals surface area (Å²) in [6.45, 7) is 2.70. The van der Waals surface area contributed by atoms with Gasteiger partial charge in [-0.15, -0.1) is 0 Å². The molecule has 2 aromatic carbocycles. The molecule has 0 spiro atoms. The highest BCUT2D eigenvalue weighted by molar-refractivity contribution is 8.14. The number of hydrogen-bond acceptors (Lipinski definition) is 6. The highest BCUT2D eigenvalue weighted by atomic mass is 32.2. The van der Waals surface area contributed by atoms with E-state index in [-0.39, 0.29) is 24.1 Å². The number of nitrogens with one attached hydrogen (secondary N) is 2. The molecule has 2 aromatic rings. The Hall–Kier alpha value is -3.06. The minimum absolute atomic E-state index is 0.0514. The van der Waals surface area contributed by atoms with Crippen molar-refractivity contribution in [1.29, 1.82) is 0 Å². The van der Waals surface area contributed by atoms with Gasteiger partial charge in [-0.3, -0.25) is 9.59 Å². The molecule has 0 unspecified atom stereocenters. The van der Waals surface area contributed by atoms with E-state index in [1.54, 1.807) is 13.0 Å². The fourth-order valence-corrected chi connectivity index (χ4v) is 3.67. The lowest BCUT2D eigenvalue weighted by Crippen LogP contribution is -2.27. The van der Waals surface area contributed by atoms with Crippen LogP contribution in [0.25, 0.3) is 0 Å². The molecular formula is C23H25N3O3S. The predicted octanol–water partition coefficient (Wildman–Crippen LogP) is 4.07. The summed E-state index contributed by atoms with van der Waals surface area (Å²) in [5.74, 6) is -0.109. The first kappa shape index (κ1) is 21.6. The van der Waals surface area contributed by atoms with Gasteiger partial charge in [0.1, 0.15) is 0 Å². The maximum atomic E-state index is 12.3. The average molecular weight is 424 g/mol. The van der Waals surface area contributed by atoms with Crippen LogP contribution in [-0.2, 0) is 20.7 Å². The number of aliphatic imine (C=N–C) groups is 1.